The standard InChI is InChI=1S/C15H16F3N3O4/c16-15(17,18)12(9-13(23)21-5-7-25-8-6-21)19-20-14(24)10-3-1-2-4-11(10)22/h1-4,22H,5-9H2,(H,20,24). The van der Waals surface area contributed by atoms with Crippen LogP contribution in [0.2, 0.25) is 0 Å². The minimum atomic E-state index is -4.88. The normalized spacial score (nSPS) is 15.8. The molecule has 2 N–H and O–H groups in total. The van der Waals surface area contributed by atoms with E-state index in [0.717, 1.165) is 0 Å². The van der Waals surface area contributed by atoms with E-state index in [4.69, 9.17) is 4.74 Å². The molecule has 1 aromatic carbocycles. The van der Waals surface area contributed by atoms with E-state index in [1.54, 1.807) is 5.43 Å². The van der Waals surface area contributed by atoms with Crippen LogP contribution >= 0.6 is 0 Å². The van der Waals surface area contributed by atoms with Gasteiger partial charge >= 0.3 is 6.18 Å². The maximum atomic E-state index is 13.1. The first-order valence-corrected chi connectivity index (χ1v) is 7.36. The van der Waals surface area contributed by atoms with Crippen LogP contribution in [-0.2, 0) is 9.53 Å². The monoisotopic (exact) mass is 359 g/mol. The number of benzene rings is 1. The van der Waals surface area contributed by atoms with Gasteiger partial charge in [0.15, 0.2) is 5.71 Å². The van der Waals surface area contributed by atoms with Gasteiger partial charge in [0.1, 0.15) is 5.75 Å². The smallest absolute Gasteiger partial charge is 0.431 e. The van der Waals surface area contributed by atoms with Crippen LogP contribution in [0.5, 0.6) is 5.75 Å². The lowest BCUT2D eigenvalue weighted by Crippen LogP contribution is -2.43. The van der Waals surface area contributed by atoms with Crippen LogP contribution in [0.25, 0.3) is 0 Å². The zero-order valence-corrected chi connectivity index (χ0v) is 13.0. The van der Waals surface area contributed by atoms with E-state index in [1.165, 1.54) is 29.2 Å². The Kier molecular flexibility index (Phi) is 5.97. The summed E-state index contributed by atoms with van der Waals surface area (Å²) in [5.41, 5.74) is 0.0756. The molecule has 25 heavy (non-hydrogen) atoms. The molecule has 0 saturated carbocycles. The quantitative estimate of drug-likeness (QED) is 0.626. The molecule has 1 aromatic rings. The van der Waals surface area contributed by atoms with Crippen molar-refractivity contribution in [3.8, 4) is 5.75 Å². The van der Waals surface area contributed by atoms with Crippen LogP contribution in [0, 0.1) is 0 Å². The summed E-state index contributed by atoms with van der Waals surface area (Å²) in [5, 5.41) is 12.6. The third kappa shape index (κ3) is 5.18. The molecule has 2 amide bonds. The maximum absolute atomic E-state index is 13.1. The summed E-state index contributed by atoms with van der Waals surface area (Å²) >= 11 is 0. The van der Waals surface area contributed by atoms with Crippen LogP contribution in [0.1, 0.15) is 16.8 Å². The number of rotatable bonds is 4. The Morgan fingerprint density at radius 1 is 1.24 bits per heavy atom. The van der Waals surface area contributed by atoms with Crippen LogP contribution in [0.4, 0.5) is 13.2 Å². The Morgan fingerprint density at radius 2 is 1.88 bits per heavy atom. The second kappa shape index (κ2) is 7.97. The molecule has 0 unspecified atom stereocenters. The van der Waals surface area contributed by atoms with E-state index in [0.29, 0.717) is 0 Å². The van der Waals surface area contributed by atoms with Crippen molar-refractivity contribution in [1.29, 1.82) is 0 Å². The van der Waals surface area contributed by atoms with Crippen molar-refractivity contribution in [1.82, 2.24) is 10.3 Å². The number of morpholine rings is 1. The number of aromatic hydroxyl groups is 1. The molecule has 0 bridgehead atoms. The highest BCUT2D eigenvalue weighted by Gasteiger charge is 2.38. The Hall–Kier alpha value is -2.62. The average Bonchev–Trinajstić information content (AvgIpc) is 2.58. The van der Waals surface area contributed by atoms with E-state index in [2.05, 4.69) is 5.10 Å². The first-order chi connectivity index (χ1) is 11.8. The summed E-state index contributed by atoms with van der Waals surface area (Å²) in [4.78, 5) is 25.0. The number of alkyl halides is 3. The molecule has 7 nitrogen and oxygen atoms in total. The van der Waals surface area contributed by atoms with Crippen molar-refractivity contribution in [2.45, 2.75) is 12.6 Å². The summed E-state index contributed by atoms with van der Waals surface area (Å²) in [6.07, 6.45) is -5.88. The minimum absolute atomic E-state index is 0.203. The van der Waals surface area contributed by atoms with Crippen LogP contribution < -0.4 is 5.43 Å². The van der Waals surface area contributed by atoms with Gasteiger partial charge in [-0.25, -0.2) is 5.43 Å². The molecule has 1 fully saturated rings. The lowest BCUT2D eigenvalue weighted by atomic mass is 10.2. The van der Waals surface area contributed by atoms with Gasteiger partial charge in [-0.05, 0) is 12.1 Å². The summed E-state index contributed by atoms with van der Waals surface area (Å²) in [6.45, 7) is 0.922. The number of nitrogens with one attached hydrogen (secondary N) is 1. The number of carbonyl (C=O) groups excluding carboxylic acids is 2. The Morgan fingerprint density at radius 3 is 2.48 bits per heavy atom. The van der Waals surface area contributed by atoms with Gasteiger partial charge in [0.05, 0.1) is 25.2 Å². The van der Waals surface area contributed by atoms with Crippen molar-refractivity contribution in [3.63, 3.8) is 0 Å². The average molecular weight is 359 g/mol. The number of phenolic OH excluding ortho intramolecular Hbond substituents is 1. The Bertz CT molecular complexity index is 670. The summed E-state index contributed by atoms with van der Waals surface area (Å²) in [7, 11) is 0. The zero-order valence-electron chi connectivity index (χ0n) is 13.0. The highest BCUT2D eigenvalue weighted by molar-refractivity contribution is 6.05. The van der Waals surface area contributed by atoms with Crippen molar-refractivity contribution in [3.05, 3.63) is 29.8 Å². The molecular weight excluding hydrogens is 343 g/mol. The SMILES string of the molecule is O=C(NN=C(CC(=O)N1CCOCC1)C(F)(F)F)c1ccccc1O. The number of hydrazone groups is 1. The minimum Gasteiger partial charge on any atom is -0.507 e. The number of para-hydroxylation sites is 1. The Balaban J connectivity index is 2.09. The number of hydrogen-bond acceptors (Lipinski definition) is 5. The largest absolute Gasteiger partial charge is 0.507 e. The highest BCUT2D eigenvalue weighted by atomic mass is 19.4. The molecule has 0 spiro atoms. The number of ether oxygens (including phenoxy) is 1. The van der Waals surface area contributed by atoms with Gasteiger partial charge in [-0.1, -0.05) is 12.1 Å². The lowest BCUT2D eigenvalue weighted by Gasteiger charge is -2.27. The third-order valence-corrected chi connectivity index (χ3v) is 3.45. The van der Waals surface area contributed by atoms with Gasteiger partial charge in [-0.15, -0.1) is 0 Å². The van der Waals surface area contributed by atoms with Gasteiger partial charge in [-0.2, -0.15) is 18.3 Å². The molecule has 1 aliphatic rings. The van der Waals surface area contributed by atoms with E-state index in [1.807, 2.05) is 0 Å². The number of nitrogens with zero attached hydrogens (tertiary/aromatic N) is 2. The number of amides is 2. The molecule has 136 valence electrons. The number of halogens is 3. The zero-order chi connectivity index (χ0) is 18.4. The molecular formula is C15H16F3N3O4. The molecule has 0 radical (unpaired) electrons. The fourth-order valence-electron chi connectivity index (χ4n) is 2.12. The van der Waals surface area contributed by atoms with Crippen molar-refractivity contribution in [2.75, 3.05) is 26.3 Å². The lowest BCUT2D eigenvalue weighted by molar-refractivity contribution is -0.134. The van der Waals surface area contributed by atoms with Crippen molar-refractivity contribution in [2.24, 2.45) is 5.10 Å². The summed E-state index contributed by atoms with van der Waals surface area (Å²) in [6, 6.07) is 5.33. The fraction of sp³-hybridized carbons (Fsp3) is 0.400. The second-order valence-corrected chi connectivity index (χ2v) is 5.18. The van der Waals surface area contributed by atoms with Gasteiger partial charge in [0.25, 0.3) is 5.91 Å². The first-order valence-electron chi connectivity index (χ1n) is 7.36. The summed E-state index contributed by atoms with van der Waals surface area (Å²) < 4.78 is 44.2. The van der Waals surface area contributed by atoms with Gasteiger partial charge < -0.3 is 14.7 Å². The first kappa shape index (κ1) is 18.7. The van der Waals surface area contributed by atoms with Gasteiger partial charge in [0, 0.05) is 13.1 Å². The molecule has 0 aliphatic carbocycles. The molecule has 1 heterocycles. The topological polar surface area (TPSA) is 91.2 Å². The number of phenols is 1. The maximum Gasteiger partial charge on any atom is 0.431 e. The van der Waals surface area contributed by atoms with Crippen LogP contribution in [0.3, 0.4) is 0 Å². The van der Waals surface area contributed by atoms with E-state index < -0.39 is 35.9 Å². The van der Waals surface area contributed by atoms with Gasteiger partial charge in [0.2, 0.25) is 5.91 Å². The number of hydrogen-bond donors (Lipinski definition) is 2. The fourth-order valence-corrected chi connectivity index (χ4v) is 2.12. The molecule has 2 rings (SSSR count). The highest BCUT2D eigenvalue weighted by Crippen LogP contribution is 2.21. The predicted octanol–water partition coefficient (Wildman–Crippen LogP) is 1.29. The Labute approximate surface area is 141 Å². The second-order valence-electron chi connectivity index (χ2n) is 5.18. The van der Waals surface area contributed by atoms with Gasteiger partial charge in [-0.3, -0.25) is 9.59 Å². The summed E-state index contributed by atoms with van der Waals surface area (Å²) in [5.74, 6) is -2.16. The molecule has 10 heteroatoms. The van der Waals surface area contributed by atoms with Crippen molar-refractivity contribution < 1.29 is 32.6 Å². The van der Waals surface area contributed by atoms with Crippen LogP contribution in [0.15, 0.2) is 29.4 Å². The van der Waals surface area contributed by atoms with E-state index in [9.17, 15) is 27.9 Å². The number of carbonyl (C=O) groups is 2. The third-order valence-electron chi connectivity index (χ3n) is 3.45. The predicted molar refractivity (Wildman–Crippen MR) is 81.1 cm³/mol. The van der Waals surface area contributed by atoms with Crippen LogP contribution in [-0.4, -0.2) is 60.0 Å². The molecule has 1 aliphatic heterocycles. The molecule has 0 atom stereocenters. The van der Waals surface area contributed by atoms with Crippen molar-refractivity contribution >= 4 is 17.5 Å². The van der Waals surface area contributed by atoms with E-state index in [-0.39, 0.29) is 31.9 Å². The van der Waals surface area contributed by atoms with E-state index >= 15 is 0 Å². The molecule has 0 aromatic heterocycles. The molecule has 1 saturated heterocycles.